The second kappa shape index (κ2) is 5.27. The van der Waals surface area contributed by atoms with E-state index in [1.165, 1.54) is 0 Å². The number of benzene rings is 1. The number of pyridine rings is 1. The molecular weight excluding hydrogens is 262 g/mol. The minimum Gasteiger partial charge on any atom is -0.398 e. The number of hydrogen-bond acceptors (Lipinski definition) is 4. The van der Waals surface area contributed by atoms with Crippen LogP contribution in [0.3, 0.4) is 0 Å². The van der Waals surface area contributed by atoms with Crippen molar-refractivity contribution in [3.05, 3.63) is 53.9 Å². The highest BCUT2D eigenvalue weighted by molar-refractivity contribution is 7.91. The molecule has 0 saturated heterocycles. The van der Waals surface area contributed by atoms with Crippen LogP contribution in [0.15, 0.2) is 42.7 Å². The lowest BCUT2D eigenvalue weighted by Gasteiger charge is -2.11. The SMILES string of the molecule is Cc1cnccc1NS(=O)(=O)Cc1ccccc1N. The van der Waals surface area contributed by atoms with Crippen molar-refractivity contribution in [1.29, 1.82) is 0 Å². The summed E-state index contributed by atoms with van der Waals surface area (Å²) in [4.78, 5) is 3.92. The predicted molar refractivity (Wildman–Crippen MR) is 76.1 cm³/mol. The maximum absolute atomic E-state index is 12.1. The Morgan fingerprint density at radius 1 is 1.26 bits per heavy atom. The normalized spacial score (nSPS) is 11.2. The highest BCUT2D eigenvalue weighted by atomic mass is 32.2. The van der Waals surface area contributed by atoms with Crippen molar-refractivity contribution < 1.29 is 8.42 Å². The maximum Gasteiger partial charge on any atom is 0.237 e. The Labute approximate surface area is 112 Å². The van der Waals surface area contributed by atoms with Gasteiger partial charge >= 0.3 is 0 Å². The molecular formula is C13H15N3O2S. The van der Waals surface area contributed by atoms with Gasteiger partial charge in [0.15, 0.2) is 0 Å². The Balaban J connectivity index is 2.21. The Kier molecular flexibility index (Phi) is 3.71. The number of aromatic nitrogens is 1. The summed E-state index contributed by atoms with van der Waals surface area (Å²) in [7, 11) is -3.49. The highest BCUT2D eigenvalue weighted by Gasteiger charge is 2.14. The molecule has 0 aliphatic carbocycles. The molecule has 0 radical (unpaired) electrons. The number of nitrogen functional groups attached to an aromatic ring is 1. The van der Waals surface area contributed by atoms with Crippen LogP contribution in [-0.4, -0.2) is 13.4 Å². The van der Waals surface area contributed by atoms with E-state index in [0.29, 0.717) is 16.9 Å². The summed E-state index contributed by atoms with van der Waals surface area (Å²) in [5.74, 6) is -0.151. The summed E-state index contributed by atoms with van der Waals surface area (Å²) < 4.78 is 26.7. The minimum atomic E-state index is -3.49. The van der Waals surface area contributed by atoms with E-state index in [2.05, 4.69) is 9.71 Å². The Bertz CT molecular complexity index is 630. The smallest absolute Gasteiger partial charge is 0.237 e. The molecule has 0 bridgehead atoms. The molecule has 0 spiro atoms. The van der Waals surface area contributed by atoms with Gasteiger partial charge in [0.1, 0.15) is 0 Å². The molecule has 2 rings (SSSR count). The predicted octanol–water partition coefficient (Wildman–Crippen LogP) is 1.91. The van der Waals surface area contributed by atoms with Crippen molar-refractivity contribution in [3.63, 3.8) is 0 Å². The summed E-state index contributed by atoms with van der Waals surface area (Å²) in [6.07, 6.45) is 3.15. The molecule has 0 amide bonds. The quantitative estimate of drug-likeness (QED) is 0.836. The number of anilines is 2. The number of rotatable bonds is 4. The molecule has 1 aromatic heterocycles. The molecule has 0 atom stereocenters. The third kappa shape index (κ3) is 3.45. The summed E-state index contributed by atoms with van der Waals surface area (Å²) in [5.41, 5.74) is 8.11. The molecule has 2 aromatic rings. The molecule has 0 aliphatic heterocycles. The molecule has 0 fully saturated rings. The van der Waals surface area contributed by atoms with Crippen LogP contribution in [0.4, 0.5) is 11.4 Å². The largest absolute Gasteiger partial charge is 0.398 e. The Morgan fingerprint density at radius 2 is 2.00 bits per heavy atom. The standard InChI is InChI=1S/C13H15N3O2S/c1-10-8-15-7-6-13(10)16-19(17,18)9-11-4-2-3-5-12(11)14/h2-8H,9,14H2,1H3,(H,15,16). The first-order valence-electron chi connectivity index (χ1n) is 5.72. The minimum absolute atomic E-state index is 0.151. The fraction of sp³-hybridized carbons (Fsp3) is 0.154. The van der Waals surface area contributed by atoms with Crippen molar-refractivity contribution in [1.82, 2.24) is 4.98 Å². The van der Waals surface area contributed by atoms with E-state index in [-0.39, 0.29) is 5.75 Å². The number of aryl methyl sites for hydroxylation is 1. The molecule has 19 heavy (non-hydrogen) atoms. The van der Waals surface area contributed by atoms with E-state index >= 15 is 0 Å². The molecule has 0 aliphatic rings. The van der Waals surface area contributed by atoms with Crippen molar-refractivity contribution in [2.24, 2.45) is 0 Å². The van der Waals surface area contributed by atoms with Crippen LogP contribution in [0.1, 0.15) is 11.1 Å². The van der Waals surface area contributed by atoms with E-state index in [0.717, 1.165) is 5.56 Å². The van der Waals surface area contributed by atoms with Gasteiger partial charge in [-0.25, -0.2) is 8.42 Å². The van der Waals surface area contributed by atoms with Crippen LogP contribution >= 0.6 is 0 Å². The first-order valence-corrected chi connectivity index (χ1v) is 7.38. The average molecular weight is 277 g/mol. The molecule has 1 heterocycles. The van der Waals surface area contributed by atoms with Gasteiger partial charge in [-0.3, -0.25) is 9.71 Å². The number of sulfonamides is 1. The van der Waals surface area contributed by atoms with Crippen LogP contribution in [0.5, 0.6) is 0 Å². The van der Waals surface area contributed by atoms with Crippen molar-refractivity contribution in [2.45, 2.75) is 12.7 Å². The van der Waals surface area contributed by atoms with Crippen LogP contribution < -0.4 is 10.5 Å². The topological polar surface area (TPSA) is 85.1 Å². The van der Waals surface area contributed by atoms with Crippen molar-refractivity contribution in [3.8, 4) is 0 Å². The first kappa shape index (κ1) is 13.4. The lowest BCUT2D eigenvalue weighted by Crippen LogP contribution is -2.16. The van der Waals surface area contributed by atoms with Gasteiger partial charge < -0.3 is 5.73 Å². The molecule has 100 valence electrons. The van der Waals surface area contributed by atoms with Gasteiger partial charge in [-0.05, 0) is 30.2 Å². The maximum atomic E-state index is 12.1. The lowest BCUT2D eigenvalue weighted by molar-refractivity contribution is 0.600. The monoisotopic (exact) mass is 277 g/mol. The lowest BCUT2D eigenvalue weighted by atomic mass is 10.2. The second-order valence-corrected chi connectivity index (χ2v) is 5.97. The number of nitrogens with one attached hydrogen (secondary N) is 1. The van der Waals surface area contributed by atoms with Crippen LogP contribution in [0.2, 0.25) is 0 Å². The molecule has 6 heteroatoms. The second-order valence-electron chi connectivity index (χ2n) is 4.25. The summed E-state index contributed by atoms with van der Waals surface area (Å²) >= 11 is 0. The zero-order valence-electron chi connectivity index (χ0n) is 10.5. The molecule has 5 nitrogen and oxygen atoms in total. The van der Waals surface area contributed by atoms with E-state index in [9.17, 15) is 8.42 Å². The third-order valence-electron chi connectivity index (χ3n) is 2.69. The average Bonchev–Trinajstić information content (AvgIpc) is 2.35. The van der Waals surface area contributed by atoms with E-state index in [1.807, 2.05) is 0 Å². The fourth-order valence-corrected chi connectivity index (χ4v) is 2.97. The number of hydrogen-bond donors (Lipinski definition) is 2. The van der Waals surface area contributed by atoms with Gasteiger partial charge in [0.25, 0.3) is 0 Å². The zero-order valence-corrected chi connectivity index (χ0v) is 11.3. The number of nitrogens with two attached hydrogens (primary N) is 1. The zero-order chi connectivity index (χ0) is 13.9. The van der Waals surface area contributed by atoms with E-state index in [1.54, 1.807) is 49.6 Å². The summed E-state index contributed by atoms with van der Waals surface area (Å²) in [6.45, 7) is 1.79. The third-order valence-corrected chi connectivity index (χ3v) is 3.91. The highest BCUT2D eigenvalue weighted by Crippen LogP contribution is 2.18. The van der Waals surface area contributed by atoms with E-state index in [4.69, 9.17) is 5.73 Å². The Morgan fingerprint density at radius 3 is 2.68 bits per heavy atom. The van der Waals surface area contributed by atoms with Gasteiger partial charge in [-0.1, -0.05) is 18.2 Å². The van der Waals surface area contributed by atoms with Crippen molar-refractivity contribution in [2.75, 3.05) is 10.5 Å². The summed E-state index contributed by atoms with van der Waals surface area (Å²) in [5, 5.41) is 0. The van der Waals surface area contributed by atoms with Gasteiger partial charge in [-0.15, -0.1) is 0 Å². The molecule has 0 saturated carbocycles. The van der Waals surface area contributed by atoms with Gasteiger partial charge in [0.05, 0.1) is 11.4 Å². The fourth-order valence-electron chi connectivity index (χ4n) is 1.66. The van der Waals surface area contributed by atoms with Crippen LogP contribution in [0, 0.1) is 6.92 Å². The first-order chi connectivity index (χ1) is 8.98. The van der Waals surface area contributed by atoms with Crippen LogP contribution in [0.25, 0.3) is 0 Å². The summed E-state index contributed by atoms with van der Waals surface area (Å²) in [6, 6.07) is 8.54. The number of nitrogens with zero attached hydrogens (tertiary/aromatic N) is 1. The van der Waals surface area contributed by atoms with Crippen LogP contribution in [-0.2, 0) is 15.8 Å². The molecule has 1 aromatic carbocycles. The van der Waals surface area contributed by atoms with Gasteiger partial charge in [0.2, 0.25) is 10.0 Å². The molecule has 0 unspecified atom stereocenters. The van der Waals surface area contributed by atoms with Crippen molar-refractivity contribution >= 4 is 21.4 Å². The molecule has 3 N–H and O–H groups in total. The number of para-hydroxylation sites is 1. The Hall–Kier alpha value is -2.08. The van der Waals surface area contributed by atoms with Gasteiger partial charge in [-0.2, -0.15) is 0 Å². The van der Waals surface area contributed by atoms with E-state index < -0.39 is 10.0 Å². The van der Waals surface area contributed by atoms with Gasteiger partial charge in [0, 0.05) is 18.1 Å².